The molecule has 26 heavy (non-hydrogen) atoms. The van der Waals surface area contributed by atoms with Crippen LogP contribution < -0.4 is 5.43 Å². The Hall–Kier alpha value is -2.87. The van der Waals surface area contributed by atoms with E-state index in [0.29, 0.717) is 0 Å². The van der Waals surface area contributed by atoms with Crippen molar-refractivity contribution in [3.8, 4) is 11.1 Å². The molecule has 1 aliphatic carbocycles. The fraction of sp³-hybridized carbons (Fsp3) is 0.208. The Bertz CT molecular complexity index is 918. The maximum atomic E-state index is 4.48. The van der Waals surface area contributed by atoms with Crippen molar-refractivity contribution in [3.05, 3.63) is 95.1 Å². The molecule has 2 heteroatoms. The highest BCUT2D eigenvalue weighted by molar-refractivity contribution is 5.86. The molecule has 0 fully saturated rings. The summed E-state index contributed by atoms with van der Waals surface area (Å²) < 4.78 is 0. The van der Waals surface area contributed by atoms with E-state index < -0.39 is 0 Å². The van der Waals surface area contributed by atoms with Gasteiger partial charge in [-0.25, -0.2) is 0 Å². The largest absolute Gasteiger partial charge is 0.305 e. The normalized spacial score (nSPS) is 13.7. The molecule has 0 radical (unpaired) electrons. The van der Waals surface area contributed by atoms with Gasteiger partial charge in [0.05, 0.1) is 6.21 Å². The van der Waals surface area contributed by atoms with Crippen LogP contribution in [0.25, 0.3) is 11.1 Å². The Morgan fingerprint density at radius 2 is 1.23 bits per heavy atom. The molecule has 0 saturated heterocycles. The summed E-state index contributed by atoms with van der Waals surface area (Å²) in [5, 5.41) is 4.48. The Labute approximate surface area is 155 Å². The van der Waals surface area contributed by atoms with Gasteiger partial charge in [-0.3, -0.25) is 0 Å². The van der Waals surface area contributed by atoms with Crippen molar-refractivity contribution in [1.82, 2.24) is 5.43 Å². The predicted octanol–water partition coefficient (Wildman–Crippen LogP) is 5.57. The van der Waals surface area contributed by atoms with Crippen LogP contribution in [0.1, 0.15) is 48.9 Å². The van der Waals surface area contributed by atoms with Gasteiger partial charge in [0, 0.05) is 11.5 Å². The lowest BCUT2D eigenvalue weighted by Crippen LogP contribution is -2.31. The van der Waals surface area contributed by atoms with Crippen LogP contribution in [0.2, 0.25) is 0 Å². The maximum absolute atomic E-state index is 4.48. The topological polar surface area (TPSA) is 24.4 Å². The summed E-state index contributed by atoms with van der Waals surface area (Å²) in [5.74, 6) is 0.250. The molecule has 0 aromatic heterocycles. The molecule has 3 aromatic rings. The van der Waals surface area contributed by atoms with E-state index >= 15 is 0 Å². The zero-order valence-corrected chi connectivity index (χ0v) is 15.5. The summed E-state index contributed by atoms with van der Waals surface area (Å²) in [4.78, 5) is 0. The zero-order valence-electron chi connectivity index (χ0n) is 15.5. The van der Waals surface area contributed by atoms with Crippen molar-refractivity contribution in [2.24, 2.45) is 5.10 Å². The van der Waals surface area contributed by atoms with Gasteiger partial charge in [-0.1, -0.05) is 72.8 Å². The summed E-state index contributed by atoms with van der Waals surface area (Å²) in [6.07, 6.45) is 1.95. The quantitative estimate of drug-likeness (QED) is 0.383. The van der Waals surface area contributed by atoms with Gasteiger partial charge in [-0.2, -0.15) is 5.10 Å². The monoisotopic (exact) mass is 340 g/mol. The first kappa shape index (κ1) is 16.6. The second-order valence-corrected chi connectivity index (χ2v) is 7.86. The molecule has 1 N–H and O–H groups in total. The van der Waals surface area contributed by atoms with Crippen LogP contribution in [0, 0.1) is 0 Å². The summed E-state index contributed by atoms with van der Waals surface area (Å²) in [7, 11) is 0. The summed E-state index contributed by atoms with van der Waals surface area (Å²) >= 11 is 0. The van der Waals surface area contributed by atoms with Crippen molar-refractivity contribution in [1.29, 1.82) is 0 Å². The average molecular weight is 340 g/mol. The van der Waals surface area contributed by atoms with E-state index in [0.717, 1.165) is 5.56 Å². The minimum Gasteiger partial charge on any atom is -0.305 e. The average Bonchev–Trinajstić information content (AvgIpc) is 2.96. The first-order chi connectivity index (χ1) is 12.5. The fourth-order valence-corrected chi connectivity index (χ4v) is 3.68. The van der Waals surface area contributed by atoms with Crippen LogP contribution in [-0.4, -0.2) is 11.8 Å². The summed E-state index contributed by atoms with van der Waals surface area (Å²) in [5.41, 5.74) is 11.0. The maximum Gasteiger partial charge on any atom is 0.0543 e. The molecule has 130 valence electrons. The molecule has 0 bridgehead atoms. The second kappa shape index (κ2) is 6.45. The van der Waals surface area contributed by atoms with Crippen LogP contribution in [0.3, 0.4) is 0 Å². The first-order valence-corrected chi connectivity index (χ1v) is 9.12. The van der Waals surface area contributed by atoms with E-state index in [1.54, 1.807) is 0 Å². The Kier molecular flexibility index (Phi) is 4.12. The number of nitrogens with zero attached hydrogens (tertiary/aromatic N) is 1. The van der Waals surface area contributed by atoms with Crippen LogP contribution in [0.4, 0.5) is 0 Å². The van der Waals surface area contributed by atoms with Gasteiger partial charge < -0.3 is 5.43 Å². The highest BCUT2D eigenvalue weighted by atomic mass is 15.3. The van der Waals surface area contributed by atoms with Crippen LogP contribution >= 0.6 is 0 Å². The highest BCUT2D eigenvalue weighted by Gasteiger charge is 2.30. The van der Waals surface area contributed by atoms with Crippen LogP contribution in [0.15, 0.2) is 77.9 Å². The molecule has 0 unspecified atom stereocenters. The van der Waals surface area contributed by atoms with Gasteiger partial charge >= 0.3 is 0 Å². The van der Waals surface area contributed by atoms with E-state index in [1.165, 1.54) is 27.8 Å². The lowest BCUT2D eigenvalue weighted by atomic mass is 9.87. The van der Waals surface area contributed by atoms with Crippen molar-refractivity contribution >= 4 is 6.21 Å². The third-order valence-corrected chi connectivity index (χ3v) is 4.74. The number of rotatable bonds is 3. The van der Waals surface area contributed by atoms with Gasteiger partial charge in [-0.15, -0.1) is 0 Å². The van der Waals surface area contributed by atoms with Gasteiger partial charge in [0.1, 0.15) is 0 Å². The number of hydrogen-bond acceptors (Lipinski definition) is 2. The van der Waals surface area contributed by atoms with E-state index in [9.17, 15) is 0 Å². The lowest BCUT2D eigenvalue weighted by molar-refractivity contribution is 0.442. The molecule has 0 spiro atoms. The molecule has 0 heterocycles. The molecule has 0 aliphatic heterocycles. The van der Waals surface area contributed by atoms with E-state index in [4.69, 9.17) is 0 Å². The molecule has 2 nitrogen and oxygen atoms in total. The lowest BCUT2D eigenvalue weighted by Gasteiger charge is -2.19. The smallest absolute Gasteiger partial charge is 0.0543 e. The standard InChI is InChI=1S/C24H24N2/c1-24(2,3)26-25-16-17-10-4-5-11-18(17)23-21-14-8-6-12-19(21)20-13-7-9-15-22(20)23/h4-16,23,26H,1-3H3. The van der Waals surface area contributed by atoms with Crippen molar-refractivity contribution in [2.75, 3.05) is 0 Å². The third kappa shape index (κ3) is 3.03. The molecular weight excluding hydrogens is 316 g/mol. The fourth-order valence-electron chi connectivity index (χ4n) is 3.68. The zero-order chi connectivity index (χ0) is 18.1. The molecular formula is C24H24N2. The van der Waals surface area contributed by atoms with Crippen molar-refractivity contribution in [3.63, 3.8) is 0 Å². The predicted molar refractivity (Wildman–Crippen MR) is 110 cm³/mol. The van der Waals surface area contributed by atoms with Crippen molar-refractivity contribution in [2.45, 2.75) is 32.2 Å². The van der Waals surface area contributed by atoms with Gasteiger partial charge in [0.25, 0.3) is 0 Å². The number of hydrazone groups is 1. The van der Waals surface area contributed by atoms with Crippen molar-refractivity contribution < 1.29 is 0 Å². The molecule has 3 aromatic carbocycles. The SMILES string of the molecule is CC(C)(C)NN=Cc1ccccc1C1c2ccccc2-c2ccccc21. The molecule has 4 rings (SSSR count). The van der Waals surface area contributed by atoms with Crippen LogP contribution in [-0.2, 0) is 0 Å². The number of hydrogen-bond donors (Lipinski definition) is 1. The van der Waals surface area contributed by atoms with E-state index in [1.807, 2.05) is 6.21 Å². The molecule has 0 atom stereocenters. The summed E-state index contributed by atoms with van der Waals surface area (Å²) in [6, 6.07) is 26.0. The number of fused-ring (bicyclic) bond motifs is 3. The first-order valence-electron chi connectivity index (χ1n) is 9.12. The highest BCUT2D eigenvalue weighted by Crippen LogP contribution is 2.48. The molecule has 0 amide bonds. The minimum absolute atomic E-state index is 0.0436. The number of nitrogens with one attached hydrogen (secondary N) is 1. The number of benzene rings is 3. The Morgan fingerprint density at radius 1 is 0.731 bits per heavy atom. The van der Waals surface area contributed by atoms with Gasteiger partial charge in [0.2, 0.25) is 0 Å². The van der Waals surface area contributed by atoms with Gasteiger partial charge in [-0.05, 0) is 54.2 Å². The van der Waals surface area contributed by atoms with Gasteiger partial charge in [0.15, 0.2) is 0 Å². The minimum atomic E-state index is -0.0436. The van der Waals surface area contributed by atoms with E-state index in [-0.39, 0.29) is 11.5 Å². The second-order valence-electron chi connectivity index (χ2n) is 7.86. The van der Waals surface area contributed by atoms with E-state index in [2.05, 4.69) is 104 Å². The molecule has 1 aliphatic rings. The summed E-state index contributed by atoms with van der Waals surface area (Å²) in [6.45, 7) is 6.33. The Balaban J connectivity index is 1.82. The van der Waals surface area contributed by atoms with Crippen LogP contribution in [0.5, 0.6) is 0 Å². The Morgan fingerprint density at radius 3 is 1.81 bits per heavy atom. The third-order valence-electron chi connectivity index (χ3n) is 4.74. The molecule has 0 saturated carbocycles.